The number of halogens is 1. The molecule has 2 fully saturated rings. The summed E-state index contributed by atoms with van der Waals surface area (Å²) in [5, 5.41) is 7.26. The van der Waals surface area contributed by atoms with Crippen molar-refractivity contribution in [3.05, 3.63) is 29.3 Å². The minimum absolute atomic E-state index is 0.294. The molecule has 2 aliphatic rings. The van der Waals surface area contributed by atoms with Gasteiger partial charge >= 0.3 is 12.1 Å². The van der Waals surface area contributed by atoms with Crippen LogP contribution >= 0.6 is 11.6 Å². The van der Waals surface area contributed by atoms with Crippen molar-refractivity contribution >= 4 is 52.0 Å². The summed E-state index contributed by atoms with van der Waals surface area (Å²) in [7, 11) is 0. The number of carbonyl (C=O) groups is 3. The first-order chi connectivity index (χ1) is 17.0. The highest BCUT2D eigenvalue weighted by Gasteiger charge is 2.34. The highest BCUT2D eigenvalue weighted by Crippen LogP contribution is 2.30. The van der Waals surface area contributed by atoms with Crippen LogP contribution in [-0.4, -0.2) is 77.1 Å². The monoisotopic (exact) mass is 515 g/mol. The van der Waals surface area contributed by atoms with E-state index in [1.54, 1.807) is 11.0 Å². The standard InChI is InChI=1S/C25H34ClN7O3/c1-25(2,3)30-24(36)33-9-5-4-6-18(22(33)34)29-23(35)32-12-10-31(11-13-32)20-15-21(27)28-19-14-16(26)7-8-17(19)20/h7-8,14-15,18H,4-6,9-13H2,1-3H3,(H2,27,28)(H,29,35)(H,30,36)/t18-/m0/s1. The SMILES string of the molecule is CC(C)(C)NC(=O)N1CCCC[C@H](NC(=O)N2CCN(c3cc(N)nc4cc(Cl)ccc34)CC2)C1=O. The number of imide groups is 1. The fraction of sp³-hybridized carbons (Fsp3) is 0.520. The van der Waals surface area contributed by atoms with Crippen LogP contribution < -0.4 is 21.3 Å². The lowest BCUT2D eigenvalue weighted by Gasteiger charge is -2.37. The smallest absolute Gasteiger partial charge is 0.324 e. The van der Waals surface area contributed by atoms with Crippen molar-refractivity contribution in [2.24, 2.45) is 0 Å². The van der Waals surface area contributed by atoms with Gasteiger partial charge in [-0.2, -0.15) is 0 Å². The molecule has 194 valence electrons. The summed E-state index contributed by atoms with van der Waals surface area (Å²) in [5.74, 6) is 0.0468. The number of nitrogens with one attached hydrogen (secondary N) is 2. The second kappa shape index (κ2) is 10.4. The Balaban J connectivity index is 1.39. The van der Waals surface area contributed by atoms with Crippen LogP contribution in [0.15, 0.2) is 24.3 Å². The van der Waals surface area contributed by atoms with Crippen molar-refractivity contribution in [2.75, 3.05) is 43.4 Å². The van der Waals surface area contributed by atoms with Crippen molar-refractivity contribution in [1.82, 2.24) is 25.4 Å². The van der Waals surface area contributed by atoms with Gasteiger partial charge in [-0.15, -0.1) is 0 Å². The van der Waals surface area contributed by atoms with Gasteiger partial charge in [0.2, 0.25) is 0 Å². The van der Waals surface area contributed by atoms with Gasteiger partial charge in [0.25, 0.3) is 5.91 Å². The predicted molar refractivity (Wildman–Crippen MR) is 141 cm³/mol. The number of carbonyl (C=O) groups excluding carboxylic acids is 3. The van der Waals surface area contributed by atoms with E-state index < -0.39 is 17.6 Å². The van der Waals surface area contributed by atoms with Crippen molar-refractivity contribution in [2.45, 2.75) is 51.6 Å². The highest BCUT2D eigenvalue weighted by molar-refractivity contribution is 6.31. The van der Waals surface area contributed by atoms with Crippen LogP contribution in [0.4, 0.5) is 21.1 Å². The highest BCUT2D eigenvalue weighted by atomic mass is 35.5. The van der Waals surface area contributed by atoms with Crippen molar-refractivity contribution < 1.29 is 14.4 Å². The van der Waals surface area contributed by atoms with E-state index in [4.69, 9.17) is 17.3 Å². The summed E-state index contributed by atoms with van der Waals surface area (Å²) >= 11 is 6.12. The zero-order chi connectivity index (χ0) is 26.0. The molecule has 3 heterocycles. The van der Waals surface area contributed by atoms with E-state index in [0.717, 1.165) is 23.0 Å². The van der Waals surface area contributed by atoms with Gasteiger partial charge in [-0.25, -0.2) is 14.6 Å². The number of likely N-dealkylation sites (tertiary alicyclic amines) is 1. The Morgan fingerprint density at radius 3 is 2.47 bits per heavy atom. The number of pyridine rings is 1. The molecule has 5 amide bonds. The van der Waals surface area contributed by atoms with Crippen molar-refractivity contribution in [3.8, 4) is 0 Å². The molecule has 4 N–H and O–H groups in total. The number of nitrogens with zero attached hydrogens (tertiary/aromatic N) is 4. The van der Waals surface area contributed by atoms with E-state index in [1.807, 2.05) is 39.0 Å². The minimum atomic E-state index is -0.725. The maximum absolute atomic E-state index is 13.1. The molecule has 1 aromatic heterocycles. The molecule has 4 rings (SSSR count). The van der Waals surface area contributed by atoms with Gasteiger partial charge in [0.05, 0.1) is 5.52 Å². The average molecular weight is 516 g/mol. The maximum Gasteiger partial charge on any atom is 0.324 e. The minimum Gasteiger partial charge on any atom is -0.384 e. The number of rotatable bonds is 2. The van der Waals surface area contributed by atoms with E-state index in [0.29, 0.717) is 56.4 Å². The number of nitrogen functional groups attached to an aromatic ring is 1. The summed E-state index contributed by atoms with van der Waals surface area (Å²) in [6.07, 6.45) is 1.97. The van der Waals surface area contributed by atoms with E-state index in [9.17, 15) is 14.4 Å². The van der Waals surface area contributed by atoms with Crippen LogP contribution in [0.2, 0.25) is 5.02 Å². The topological polar surface area (TPSA) is 124 Å². The number of amides is 5. The van der Waals surface area contributed by atoms with E-state index in [2.05, 4.69) is 20.5 Å². The average Bonchev–Trinajstić information content (AvgIpc) is 2.98. The molecule has 2 aliphatic heterocycles. The number of anilines is 2. The van der Waals surface area contributed by atoms with Crippen molar-refractivity contribution in [1.29, 1.82) is 0 Å². The fourth-order valence-corrected chi connectivity index (χ4v) is 4.79. The third-order valence-corrected chi connectivity index (χ3v) is 6.63. The zero-order valence-corrected chi connectivity index (χ0v) is 21.8. The number of hydrogen-bond acceptors (Lipinski definition) is 6. The molecule has 0 aliphatic carbocycles. The lowest BCUT2D eigenvalue weighted by molar-refractivity contribution is -0.129. The number of urea groups is 2. The Morgan fingerprint density at radius 1 is 1.06 bits per heavy atom. The number of piperazine rings is 1. The summed E-state index contributed by atoms with van der Waals surface area (Å²) in [6, 6.07) is 5.94. The molecule has 1 atom stereocenters. The molecule has 36 heavy (non-hydrogen) atoms. The Hall–Kier alpha value is -3.27. The number of aromatic nitrogens is 1. The molecular formula is C25H34ClN7O3. The normalized spacial score (nSPS) is 19.3. The van der Waals surface area contributed by atoms with Gasteiger partial charge in [0.1, 0.15) is 11.9 Å². The largest absolute Gasteiger partial charge is 0.384 e. The molecule has 0 saturated carbocycles. The first-order valence-electron chi connectivity index (χ1n) is 12.3. The number of benzene rings is 1. The number of nitrogens with two attached hydrogens (primary N) is 1. The zero-order valence-electron chi connectivity index (χ0n) is 21.0. The lowest BCUT2D eigenvalue weighted by atomic mass is 10.1. The molecule has 1 aromatic carbocycles. The Morgan fingerprint density at radius 2 is 1.78 bits per heavy atom. The van der Waals surface area contributed by atoms with Gasteiger partial charge in [-0.3, -0.25) is 9.69 Å². The molecule has 0 radical (unpaired) electrons. The second-order valence-corrected chi connectivity index (χ2v) is 10.8. The predicted octanol–water partition coefficient (Wildman–Crippen LogP) is 3.19. The third-order valence-electron chi connectivity index (χ3n) is 6.39. The van der Waals surface area contributed by atoms with Gasteiger partial charge < -0.3 is 26.2 Å². The number of fused-ring (bicyclic) bond motifs is 1. The maximum atomic E-state index is 13.1. The molecule has 11 heteroatoms. The molecule has 0 bridgehead atoms. The summed E-state index contributed by atoms with van der Waals surface area (Å²) in [4.78, 5) is 48.3. The van der Waals surface area contributed by atoms with Gasteiger partial charge in [-0.1, -0.05) is 11.6 Å². The third kappa shape index (κ3) is 5.92. The van der Waals surface area contributed by atoms with Gasteiger partial charge in [-0.05, 0) is 58.2 Å². The molecule has 0 unspecified atom stereocenters. The first-order valence-corrected chi connectivity index (χ1v) is 12.7. The lowest BCUT2D eigenvalue weighted by Crippen LogP contribution is -2.58. The molecule has 10 nitrogen and oxygen atoms in total. The van der Waals surface area contributed by atoms with Gasteiger partial charge in [0, 0.05) is 60.4 Å². The Labute approximate surface area is 216 Å². The molecule has 2 saturated heterocycles. The second-order valence-electron chi connectivity index (χ2n) is 10.4. The molecular weight excluding hydrogens is 482 g/mol. The summed E-state index contributed by atoms with van der Waals surface area (Å²) in [5.41, 5.74) is 7.25. The molecule has 0 spiro atoms. The van der Waals surface area contributed by atoms with Crippen LogP contribution in [0.5, 0.6) is 0 Å². The fourth-order valence-electron chi connectivity index (χ4n) is 4.62. The van der Waals surface area contributed by atoms with Crippen molar-refractivity contribution in [3.63, 3.8) is 0 Å². The Bertz CT molecular complexity index is 1150. The van der Waals surface area contributed by atoms with Gasteiger partial charge in [0.15, 0.2) is 0 Å². The van der Waals surface area contributed by atoms with Crippen LogP contribution in [0.3, 0.4) is 0 Å². The van der Waals surface area contributed by atoms with Crippen LogP contribution in [0.1, 0.15) is 40.0 Å². The van der Waals surface area contributed by atoms with Crippen LogP contribution in [-0.2, 0) is 4.79 Å². The van der Waals surface area contributed by atoms with E-state index in [-0.39, 0.29) is 11.9 Å². The van der Waals surface area contributed by atoms with Crippen LogP contribution in [0.25, 0.3) is 10.9 Å². The summed E-state index contributed by atoms with van der Waals surface area (Å²) < 4.78 is 0. The van der Waals surface area contributed by atoms with E-state index >= 15 is 0 Å². The molecule has 2 aromatic rings. The van der Waals surface area contributed by atoms with E-state index in [1.165, 1.54) is 4.90 Å². The quantitative estimate of drug-likeness (QED) is 0.564. The number of hydrogen-bond donors (Lipinski definition) is 3. The Kier molecular flexibility index (Phi) is 7.44. The summed E-state index contributed by atoms with van der Waals surface area (Å²) in [6.45, 7) is 8.12. The van der Waals surface area contributed by atoms with Crippen LogP contribution in [0, 0.1) is 0 Å². The first kappa shape index (κ1) is 25.8.